The Labute approximate surface area is 120 Å². The number of hydrogen-bond donors (Lipinski definition) is 1. The standard InChI is InChI=1S/C15H13BrO3/c1-10-3-2-4-11(7-10)9-19-14-6-5-12(16)8-13(14)15(17)18/h2-8H,9H2,1H3,(H,17,18). The highest BCUT2D eigenvalue weighted by atomic mass is 79.9. The summed E-state index contributed by atoms with van der Waals surface area (Å²) < 4.78 is 6.31. The van der Waals surface area contributed by atoms with E-state index in [1.807, 2.05) is 31.2 Å². The second-order valence-electron chi connectivity index (χ2n) is 4.22. The van der Waals surface area contributed by atoms with E-state index in [4.69, 9.17) is 9.84 Å². The van der Waals surface area contributed by atoms with E-state index in [-0.39, 0.29) is 5.56 Å². The maximum Gasteiger partial charge on any atom is 0.339 e. The molecule has 0 aliphatic heterocycles. The highest BCUT2D eigenvalue weighted by Gasteiger charge is 2.11. The molecule has 0 radical (unpaired) electrons. The normalized spacial score (nSPS) is 10.2. The molecule has 0 unspecified atom stereocenters. The van der Waals surface area contributed by atoms with Gasteiger partial charge in [-0.15, -0.1) is 0 Å². The molecule has 0 bridgehead atoms. The Morgan fingerprint density at radius 1 is 1.26 bits per heavy atom. The molecule has 0 saturated heterocycles. The Balaban J connectivity index is 2.17. The second-order valence-corrected chi connectivity index (χ2v) is 5.14. The number of ether oxygens (including phenoxy) is 1. The molecule has 0 fully saturated rings. The van der Waals surface area contributed by atoms with E-state index < -0.39 is 5.97 Å². The van der Waals surface area contributed by atoms with Gasteiger partial charge in [-0.05, 0) is 30.7 Å². The van der Waals surface area contributed by atoms with Gasteiger partial charge in [0.05, 0.1) is 0 Å². The van der Waals surface area contributed by atoms with Crippen LogP contribution in [-0.2, 0) is 6.61 Å². The zero-order chi connectivity index (χ0) is 13.8. The van der Waals surface area contributed by atoms with Crippen LogP contribution in [0.3, 0.4) is 0 Å². The summed E-state index contributed by atoms with van der Waals surface area (Å²) in [5.74, 6) is -0.627. The Bertz CT molecular complexity index is 608. The van der Waals surface area contributed by atoms with Crippen LogP contribution in [0.25, 0.3) is 0 Å². The van der Waals surface area contributed by atoms with Gasteiger partial charge in [0.1, 0.15) is 17.9 Å². The Hall–Kier alpha value is -1.81. The highest BCUT2D eigenvalue weighted by molar-refractivity contribution is 9.10. The predicted octanol–water partition coefficient (Wildman–Crippen LogP) is 4.03. The number of aromatic carboxylic acids is 1. The molecule has 1 N–H and O–H groups in total. The van der Waals surface area contributed by atoms with Gasteiger partial charge in [-0.25, -0.2) is 4.79 Å². The van der Waals surface area contributed by atoms with E-state index in [0.29, 0.717) is 16.8 Å². The molecule has 98 valence electrons. The summed E-state index contributed by atoms with van der Waals surface area (Å²) in [6.45, 7) is 2.36. The first kappa shape index (κ1) is 13.6. The minimum Gasteiger partial charge on any atom is -0.488 e. The van der Waals surface area contributed by atoms with Crippen LogP contribution in [-0.4, -0.2) is 11.1 Å². The monoisotopic (exact) mass is 320 g/mol. The van der Waals surface area contributed by atoms with Crippen molar-refractivity contribution < 1.29 is 14.6 Å². The second kappa shape index (κ2) is 5.89. The van der Waals surface area contributed by atoms with Gasteiger partial charge in [0.25, 0.3) is 0 Å². The van der Waals surface area contributed by atoms with Crippen LogP contribution >= 0.6 is 15.9 Å². The maximum absolute atomic E-state index is 11.1. The lowest BCUT2D eigenvalue weighted by Crippen LogP contribution is -2.03. The largest absolute Gasteiger partial charge is 0.488 e. The Morgan fingerprint density at radius 2 is 2.05 bits per heavy atom. The lowest BCUT2D eigenvalue weighted by molar-refractivity contribution is 0.0691. The van der Waals surface area contributed by atoms with Crippen molar-refractivity contribution in [3.63, 3.8) is 0 Å². The molecular formula is C15H13BrO3. The molecule has 0 aliphatic rings. The number of carboxylic acid groups (broad SMARTS) is 1. The van der Waals surface area contributed by atoms with Crippen LogP contribution in [0.2, 0.25) is 0 Å². The first-order valence-electron chi connectivity index (χ1n) is 5.77. The summed E-state index contributed by atoms with van der Waals surface area (Å²) in [5, 5.41) is 9.13. The fourth-order valence-corrected chi connectivity index (χ4v) is 2.12. The smallest absolute Gasteiger partial charge is 0.339 e. The number of carbonyl (C=O) groups is 1. The average Bonchev–Trinajstić information content (AvgIpc) is 2.37. The minimum absolute atomic E-state index is 0.155. The summed E-state index contributed by atoms with van der Waals surface area (Å²) in [6, 6.07) is 12.9. The zero-order valence-corrected chi connectivity index (χ0v) is 12.0. The summed E-state index contributed by atoms with van der Waals surface area (Å²) in [6.07, 6.45) is 0. The summed E-state index contributed by atoms with van der Waals surface area (Å²) >= 11 is 3.25. The van der Waals surface area contributed by atoms with Crippen molar-refractivity contribution in [1.29, 1.82) is 0 Å². The van der Waals surface area contributed by atoms with Gasteiger partial charge in [-0.1, -0.05) is 45.8 Å². The summed E-state index contributed by atoms with van der Waals surface area (Å²) in [7, 11) is 0. The fourth-order valence-electron chi connectivity index (χ4n) is 1.76. The van der Waals surface area contributed by atoms with Crippen LogP contribution < -0.4 is 4.74 Å². The number of halogens is 1. The van der Waals surface area contributed by atoms with Gasteiger partial charge in [0.15, 0.2) is 0 Å². The van der Waals surface area contributed by atoms with Crippen molar-refractivity contribution in [3.8, 4) is 5.75 Å². The lowest BCUT2D eigenvalue weighted by Gasteiger charge is -2.10. The summed E-state index contributed by atoms with van der Waals surface area (Å²) in [5.41, 5.74) is 2.32. The maximum atomic E-state index is 11.1. The number of carboxylic acids is 1. The molecule has 2 rings (SSSR count). The van der Waals surface area contributed by atoms with Gasteiger partial charge in [-0.3, -0.25) is 0 Å². The molecule has 2 aromatic carbocycles. The molecule has 4 heteroatoms. The molecule has 0 amide bonds. The number of rotatable bonds is 4. The molecule has 19 heavy (non-hydrogen) atoms. The fraction of sp³-hybridized carbons (Fsp3) is 0.133. The van der Waals surface area contributed by atoms with Gasteiger partial charge in [-0.2, -0.15) is 0 Å². The zero-order valence-electron chi connectivity index (χ0n) is 10.4. The predicted molar refractivity (Wildman–Crippen MR) is 76.6 cm³/mol. The van der Waals surface area contributed by atoms with Crippen LogP contribution in [0, 0.1) is 6.92 Å². The molecule has 0 spiro atoms. The minimum atomic E-state index is -0.999. The quantitative estimate of drug-likeness (QED) is 0.924. The van der Waals surface area contributed by atoms with Gasteiger partial charge in [0.2, 0.25) is 0 Å². The van der Waals surface area contributed by atoms with E-state index in [1.165, 1.54) is 6.07 Å². The van der Waals surface area contributed by atoms with Gasteiger partial charge >= 0.3 is 5.97 Å². The Morgan fingerprint density at radius 3 is 2.74 bits per heavy atom. The van der Waals surface area contributed by atoms with Crippen molar-refractivity contribution in [2.75, 3.05) is 0 Å². The van der Waals surface area contributed by atoms with Crippen LogP contribution in [0.1, 0.15) is 21.5 Å². The number of benzene rings is 2. The first-order chi connectivity index (χ1) is 9.06. The molecule has 3 nitrogen and oxygen atoms in total. The van der Waals surface area contributed by atoms with E-state index in [0.717, 1.165) is 11.1 Å². The van der Waals surface area contributed by atoms with Crippen LogP contribution in [0.5, 0.6) is 5.75 Å². The third kappa shape index (κ3) is 3.58. The molecule has 2 aromatic rings. The van der Waals surface area contributed by atoms with Crippen LogP contribution in [0.4, 0.5) is 0 Å². The van der Waals surface area contributed by atoms with E-state index in [2.05, 4.69) is 15.9 Å². The molecule has 0 heterocycles. The van der Waals surface area contributed by atoms with Crippen molar-refractivity contribution >= 4 is 21.9 Å². The van der Waals surface area contributed by atoms with Gasteiger partial charge in [0, 0.05) is 4.47 Å². The first-order valence-corrected chi connectivity index (χ1v) is 6.57. The molecular weight excluding hydrogens is 308 g/mol. The van der Waals surface area contributed by atoms with E-state index in [9.17, 15) is 4.79 Å². The van der Waals surface area contributed by atoms with Crippen molar-refractivity contribution in [2.45, 2.75) is 13.5 Å². The topological polar surface area (TPSA) is 46.5 Å². The third-order valence-corrected chi connectivity index (χ3v) is 3.14. The van der Waals surface area contributed by atoms with E-state index in [1.54, 1.807) is 12.1 Å². The third-order valence-electron chi connectivity index (χ3n) is 2.65. The SMILES string of the molecule is Cc1cccc(COc2ccc(Br)cc2C(=O)O)c1. The number of aryl methyl sites for hydroxylation is 1. The average molecular weight is 321 g/mol. The van der Waals surface area contributed by atoms with Crippen molar-refractivity contribution in [2.24, 2.45) is 0 Å². The molecule has 0 aromatic heterocycles. The van der Waals surface area contributed by atoms with Crippen molar-refractivity contribution in [3.05, 3.63) is 63.6 Å². The van der Waals surface area contributed by atoms with Crippen molar-refractivity contribution in [1.82, 2.24) is 0 Å². The molecule has 0 atom stereocenters. The Kier molecular flexibility index (Phi) is 4.22. The lowest BCUT2D eigenvalue weighted by atomic mass is 10.1. The number of hydrogen-bond acceptors (Lipinski definition) is 2. The molecule has 0 saturated carbocycles. The van der Waals surface area contributed by atoms with E-state index >= 15 is 0 Å². The van der Waals surface area contributed by atoms with Crippen LogP contribution in [0.15, 0.2) is 46.9 Å². The summed E-state index contributed by atoms with van der Waals surface area (Å²) in [4.78, 5) is 11.1. The highest BCUT2D eigenvalue weighted by Crippen LogP contribution is 2.24. The van der Waals surface area contributed by atoms with Gasteiger partial charge < -0.3 is 9.84 Å². The molecule has 0 aliphatic carbocycles.